The summed E-state index contributed by atoms with van der Waals surface area (Å²) in [4.78, 5) is 29.0. The first-order valence-electron chi connectivity index (χ1n) is 8.86. The molecule has 2 heterocycles. The molecule has 1 saturated heterocycles. The van der Waals surface area contributed by atoms with Crippen molar-refractivity contribution in [3.05, 3.63) is 36.2 Å². The topological polar surface area (TPSA) is 111 Å². The molecule has 1 aliphatic heterocycles. The van der Waals surface area contributed by atoms with Gasteiger partial charge in [0, 0.05) is 37.5 Å². The Bertz CT molecular complexity index is 738. The van der Waals surface area contributed by atoms with Gasteiger partial charge in [0.05, 0.1) is 0 Å². The molecule has 3 rings (SSSR count). The number of piperidine rings is 1. The van der Waals surface area contributed by atoms with Crippen molar-refractivity contribution in [3.8, 4) is 11.4 Å². The number of aromatic nitrogens is 3. The van der Waals surface area contributed by atoms with Gasteiger partial charge in [0.1, 0.15) is 5.82 Å². The summed E-state index contributed by atoms with van der Waals surface area (Å²) in [6.07, 6.45) is 2.16. The van der Waals surface area contributed by atoms with Gasteiger partial charge in [-0.15, -0.1) is 0 Å². The summed E-state index contributed by atoms with van der Waals surface area (Å²) in [7, 11) is 0. The molecular formula is C18H23N5O3. The lowest BCUT2D eigenvalue weighted by Crippen LogP contribution is -2.44. The Hall–Kier alpha value is -2.90. The monoisotopic (exact) mass is 357 g/mol. The summed E-state index contributed by atoms with van der Waals surface area (Å²) in [5, 5.41) is 18.7. The second-order valence-electron chi connectivity index (χ2n) is 6.40. The average Bonchev–Trinajstić information content (AvgIpc) is 3.16. The molecule has 8 heteroatoms. The van der Waals surface area contributed by atoms with Gasteiger partial charge in [-0.1, -0.05) is 30.3 Å². The van der Waals surface area contributed by atoms with Crippen LogP contribution in [-0.4, -0.2) is 56.8 Å². The second kappa shape index (κ2) is 8.46. The van der Waals surface area contributed by atoms with E-state index in [0.29, 0.717) is 31.9 Å². The maximum Gasteiger partial charge on any atom is 0.317 e. The number of aliphatic carboxylic acids is 1. The molecule has 1 aliphatic rings. The molecule has 0 unspecified atom stereocenters. The highest BCUT2D eigenvalue weighted by Gasteiger charge is 2.26. The molecule has 2 aromatic rings. The Morgan fingerprint density at radius 2 is 1.96 bits per heavy atom. The number of amides is 2. The molecule has 0 aliphatic carbocycles. The summed E-state index contributed by atoms with van der Waals surface area (Å²) in [5.74, 6) is 0.975. The van der Waals surface area contributed by atoms with Crippen LogP contribution in [0.15, 0.2) is 30.3 Å². The van der Waals surface area contributed by atoms with Gasteiger partial charge in [0.2, 0.25) is 0 Å². The minimum atomic E-state index is -0.845. The number of hydrogen-bond acceptors (Lipinski definition) is 4. The number of carbonyl (C=O) groups excluding carboxylic acids is 1. The SMILES string of the molecule is O=C(O)CCCNC(=O)N1CCC(c2nc(-c3ccccc3)n[nH]2)CC1. The van der Waals surface area contributed by atoms with Crippen LogP contribution in [-0.2, 0) is 4.79 Å². The van der Waals surface area contributed by atoms with E-state index in [1.165, 1.54) is 0 Å². The number of hydrogen-bond donors (Lipinski definition) is 3. The van der Waals surface area contributed by atoms with Crippen LogP contribution in [0.4, 0.5) is 4.79 Å². The van der Waals surface area contributed by atoms with Crippen molar-refractivity contribution in [1.82, 2.24) is 25.4 Å². The molecule has 0 saturated carbocycles. The van der Waals surface area contributed by atoms with Crippen molar-refractivity contribution in [2.24, 2.45) is 0 Å². The van der Waals surface area contributed by atoms with Gasteiger partial charge < -0.3 is 15.3 Å². The molecule has 26 heavy (non-hydrogen) atoms. The fourth-order valence-corrected chi connectivity index (χ4v) is 3.08. The summed E-state index contributed by atoms with van der Waals surface area (Å²) >= 11 is 0. The van der Waals surface area contributed by atoms with Gasteiger partial charge in [0.25, 0.3) is 0 Å². The van der Waals surface area contributed by atoms with Crippen LogP contribution in [0.3, 0.4) is 0 Å². The number of carboxylic acids is 1. The van der Waals surface area contributed by atoms with Crippen molar-refractivity contribution in [3.63, 3.8) is 0 Å². The highest BCUT2D eigenvalue weighted by molar-refractivity contribution is 5.74. The van der Waals surface area contributed by atoms with E-state index in [-0.39, 0.29) is 18.4 Å². The molecular weight excluding hydrogens is 334 g/mol. The van der Waals surface area contributed by atoms with Crippen LogP contribution in [0.25, 0.3) is 11.4 Å². The molecule has 1 aromatic heterocycles. The lowest BCUT2D eigenvalue weighted by molar-refractivity contribution is -0.137. The Morgan fingerprint density at radius 3 is 2.65 bits per heavy atom. The highest BCUT2D eigenvalue weighted by atomic mass is 16.4. The molecule has 2 amide bonds. The predicted octanol–water partition coefficient (Wildman–Crippen LogP) is 2.23. The number of likely N-dealkylation sites (tertiary alicyclic amines) is 1. The minimum Gasteiger partial charge on any atom is -0.481 e. The van der Waals surface area contributed by atoms with Crippen LogP contribution in [0.2, 0.25) is 0 Å². The van der Waals surface area contributed by atoms with Crippen LogP contribution < -0.4 is 5.32 Å². The highest BCUT2D eigenvalue weighted by Crippen LogP contribution is 2.26. The van der Waals surface area contributed by atoms with E-state index in [2.05, 4.69) is 20.5 Å². The van der Waals surface area contributed by atoms with Crippen molar-refractivity contribution < 1.29 is 14.7 Å². The maximum atomic E-state index is 12.1. The number of aromatic amines is 1. The minimum absolute atomic E-state index is 0.0671. The quantitative estimate of drug-likeness (QED) is 0.687. The number of carbonyl (C=O) groups is 2. The van der Waals surface area contributed by atoms with Gasteiger partial charge in [-0.3, -0.25) is 9.89 Å². The maximum absolute atomic E-state index is 12.1. The smallest absolute Gasteiger partial charge is 0.317 e. The Morgan fingerprint density at radius 1 is 1.23 bits per heavy atom. The van der Waals surface area contributed by atoms with Crippen molar-refractivity contribution >= 4 is 12.0 Å². The first kappa shape index (κ1) is 17.9. The first-order chi connectivity index (χ1) is 12.6. The van der Waals surface area contributed by atoms with Gasteiger partial charge in [-0.05, 0) is 19.3 Å². The van der Waals surface area contributed by atoms with Crippen LogP contribution in [0, 0.1) is 0 Å². The molecule has 0 bridgehead atoms. The van der Waals surface area contributed by atoms with E-state index in [9.17, 15) is 9.59 Å². The third-order valence-corrected chi connectivity index (χ3v) is 4.55. The second-order valence-corrected chi connectivity index (χ2v) is 6.40. The lowest BCUT2D eigenvalue weighted by atomic mass is 9.96. The van der Waals surface area contributed by atoms with E-state index >= 15 is 0 Å². The average molecular weight is 357 g/mol. The Kier molecular flexibility index (Phi) is 5.83. The number of H-pyrrole nitrogens is 1. The number of nitrogens with zero attached hydrogens (tertiary/aromatic N) is 3. The molecule has 3 N–H and O–H groups in total. The molecule has 8 nitrogen and oxygen atoms in total. The number of urea groups is 1. The van der Waals surface area contributed by atoms with Gasteiger partial charge in [-0.2, -0.15) is 5.10 Å². The van der Waals surface area contributed by atoms with Crippen LogP contribution in [0.1, 0.15) is 37.4 Å². The zero-order chi connectivity index (χ0) is 18.4. The standard InChI is InChI=1S/C18H23N5O3/c24-15(25)7-4-10-19-18(26)23-11-8-14(9-12-23)17-20-16(21-22-17)13-5-2-1-3-6-13/h1-3,5-6,14H,4,7-12H2,(H,19,26)(H,24,25)(H,20,21,22). The van der Waals surface area contributed by atoms with Crippen LogP contribution >= 0.6 is 0 Å². The largest absolute Gasteiger partial charge is 0.481 e. The summed E-state index contributed by atoms with van der Waals surface area (Å²) in [5.41, 5.74) is 0.980. The third-order valence-electron chi connectivity index (χ3n) is 4.55. The van der Waals surface area contributed by atoms with Gasteiger partial charge in [0.15, 0.2) is 5.82 Å². The summed E-state index contributed by atoms with van der Waals surface area (Å²) < 4.78 is 0. The van der Waals surface area contributed by atoms with Crippen LogP contribution in [0.5, 0.6) is 0 Å². The van der Waals surface area contributed by atoms with E-state index < -0.39 is 5.97 Å². The Labute approximate surface area is 151 Å². The van der Waals surface area contributed by atoms with Crippen molar-refractivity contribution in [2.45, 2.75) is 31.6 Å². The zero-order valence-corrected chi connectivity index (χ0v) is 14.5. The van der Waals surface area contributed by atoms with Crippen molar-refractivity contribution in [1.29, 1.82) is 0 Å². The fraction of sp³-hybridized carbons (Fsp3) is 0.444. The van der Waals surface area contributed by atoms with E-state index in [1.54, 1.807) is 4.90 Å². The number of rotatable bonds is 6. The van der Waals surface area contributed by atoms with E-state index in [0.717, 1.165) is 24.2 Å². The normalized spacial score (nSPS) is 15.0. The number of carboxylic acid groups (broad SMARTS) is 1. The molecule has 138 valence electrons. The summed E-state index contributed by atoms with van der Waals surface area (Å²) in [6, 6.07) is 9.70. The predicted molar refractivity (Wildman–Crippen MR) is 95.6 cm³/mol. The summed E-state index contributed by atoms with van der Waals surface area (Å²) in [6.45, 7) is 1.68. The Balaban J connectivity index is 1.47. The molecule has 1 aromatic carbocycles. The lowest BCUT2D eigenvalue weighted by Gasteiger charge is -2.31. The van der Waals surface area contributed by atoms with Crippen molar-refractivity contribution in [2.75, 3.05) is 19.6 Å². The fourth-order valence-electron chi connectivity index (χ4n) is 3.08. The van der Waals surface area contributed by atoms with E-state index in [4.69, 9.17) is 5.11 Å². The van der Waals surface area contributed by atoms with E-state index in [1.807, 2.05) is 30.3 Å². The van der Waals surface area contributed by atoms with Gasteiger partial charge >= 0.3 is 12.0 Å². The third kappa shape index (κ3) is 4.59. The molecule has 0 spiro atoms. The molecule has 0 radical (unpaired) electrons. The molecule has 1 fully saturated rings. The number of nitrogens with one attached hydrogen (secondary N) is 2. The zero-order valence-electron chi connectivity index (χ0n) is 14.5. The number of benzene rings is 1. The molecule has 0 atom stereocenters. The van der Waals surface area contributed by atoms with Gasteiger partial charge in [-0.25, -0.2) is 9.78 Å². The first-order valence-corrected chi connectivity index (χ1v) is 8.86.